The molecule has 0 aliphatic carbocycles. The summed E-state index contributed by atoms with van der Waals surface area (Å²) < 4.78 is 0. The summed E-state index contributed by atoms with van der Waals surface area (Å²) in [5.74, 6) is -0.729. The number of carbonyl (C=O) groups is 1. The maximum Gasteiger partial charge on any atom is 0.310 e. The van der Waals surface area contributed by atoms with Gasteiger partial charge in [-0.3, -0.25) is 9.69 Å². The molecular weight excluding hydrogens is 180 g/mol. The Balaban J connectivity index is 2.72. The van der Waals surface area contributed by atoms with Gasteiger partial charge in [-0.25, -0.2) is 0 Å². The van der Waals surface area contributed by atoms with E-state index in [0.29, 0.717) is 19.4 Å². The van der Waals surface area contributed by atoms with Gasteiger partial charge in [0, 0.05) is 13.1 Å². The number of rotatable bonds is 3. The molecular formula is C10H16N2O2. The Labute approximate surface area is 84.1 Å². The molecule has 1 N–H and O–H groups in total. The fourth-order valence-electron chi connectivity index (χ4n) is 1.93. The highest BCUT2D eigenvalue weighted by Gasteiger charge is 2.44. The van der Waals surface area contributed by atoms with Crippen molar-refractivity contribution in [2.24, 2.45) is 5.41 Å². The van der Waals surface area contributed by atoms with E-state index in [-0.39, 0.29) is 6.04 Å². The number of carboxylic acids is 1. The number of hydrogen-bond donors (Lipinski definition) is 1. The molecule has 0 amide bonds. The molecule has 1 fully saturated rings. The number of nitriles is 1. The maximum absolute atomic E-state index is 11.1. The van der Waals surface area contributed by atoms with Crippen LogP contribution in [-0.4, -0.2) is 35.1 Å². The van der Waals surface area contributed by atoms with Crippen LogP contribution in [0.4, 0.5) is 0 Å². The third-order valence-corrected chi connectivity index (χ3v) is 3.25. The number of likely N-dealkylation sites (tertiary alicyclic amines) is 1. The molecule has 0 spiro atoms. The summed E-state index contributed by atoms with van der Waals surface area (Å²) in [6, 6.07) is 1.96. The summed E-state index contributed by atoms with van der Waals surface area (Å²) in [6.45, 7) is 4.94. The van der Waals surface area contributed by atoms with Gasteiger partial charge in [-0.05, 0) is 19.8 Å². The lowest BCUT2D eigenvalue weighted by atomic mass is 9.84. The molecule has 0 aromatic heterocycles. The topological polar surface area (TPSA) is 64.3 Å². The van der Waals surface area contributed by atoms with Crippen molar-refractivity contribution < 1.29 is 9.90 Å². The Morgan fingerprint density at radius 3 is 2.79 bits per heavy atom. The van der Waals surface area contributed by atoms with E-state index in [1.807, 2.05) is 18.7 Å². The first-order chi connectivity index (χ1) is 6.55. The molecule has 4 nitrogen and oxygen atoms in total. The first-order valence-electron chi connectivity index (χ1n) is 4.93. The average Bonchev–Trinajstić information content (AvgIpc) is 2.62. The fourth-order valence-corrected chi connectivity index (χ4v) is 1.93. The van der Waals surface area contributed by atoms with Crippen molar-refractivity contribution in [2.45, 2.75) is 32.7 Å². The van der Waals surface area contributed by atoms with Gasteiger partial charge < -0.3 is 5.11 Å². The first kappa shape index (κ1) is 11.0. The van der Waals surface area contributed by atoms with E-state index >= 15 is 0 Å². The molecule has 4 heteroatoms. The molecule has 0 saturated carbocycles. The van der Waals surface area contributed by atoms with Gasteiger partial charge >= 0.3 is 5.97 Å². The molecule has 1 rings (SSSR count). The Kier molecular flexibility index (Phi) is 3.12. The van der Waals surface area contributed by atoms with Gasteiger partial charge in [0.2, 0.25) is 0 Å². The molecule has 78 valence electrons. The van der Waals surface area contributed by atoms with Gasteiger partial charge in [-0.15, -0.1) is 0 Å². The van der Waals surface area contributed by atoms with Crippen molar-refractivity contribution in [3.05, 3.63) is 0 Å². The Morgan fingerprint density at radius 1 is 1.79 bits per heavy atom. The molecule has 0 aromatic rings. The van der Waals surface area contributed by atoms with E-state index in [4.69, 9.17) is 10.4 Å². The van der Waals surface area contributed by atoms with Crippen molar-refractivity contribution in [1.82, 2.24) is 4.90 Å². The predicted octanol–water partition coefficient (Wildman–Crippen LogP) is 1.09. The van der Waals surface area contributed by atoms with Gasteiger partial charge in [0.25, 0.3) is 0 Å². The smallest absolute Gasteiger partial charge is 0.310 e. The monoisotopic (exact) mass is 196 g/mol. The van der Waals surface area contributed by atoms with E-state index in [9.17, 15) is 4.79 Å². The molecule has 1 aliphatic heterocycles. The van der Waals surface area contributed by atoms with Crippen molar-refractivity contribution in [3.8, 4) is 6.07 Å². The second-order valence-corrected chi connectivity index (χ2v) is 3.96. The SMILES string of the molecule is CCC1(C(=O)O)CCN(C(C)C#N)C1. The zero-order valence-electron chi connectivity index (χ0n) is 8.66. The van der Waals surface area contributed by atoms with E-state index < -0.39 is 11.4 Å². The summed E-state index contributed by atoms with van der Waals surface area (Å²) in [6.07, 6.45) is 1.29. The van der Waals surface area contributed by atoms with Crippen LogP contribution in [0.3, 0.4) is 0 Å². The molecule has 1 saturated heterocycles. The molecule has 2 unspecified atom stereocenters. The summed E-state index contributed by atoms with van der Waals surface area (Å²) in [5, 5.41) is 17.9. The minimum Gasteiger partial charge on any atom is -0.481 e. The molecule has 0 radical (unpaired) electrons. The van der Waals surface area contributed by atoms with Crippen molar-refractivity contribution >= 4 is 5.97 Å². The van der Waals surface area contributed by atoms with Crippen LogP contribution in [0.1, 0.15) is 26.7 Å². The second kappa shape index (κ2) is 3.97. The van der Waals surface area contributed by atoms with Crippen LogP contribution in [0.25, 0.3) is 0 Å². The lowest BCUT2D eigenvalue weighted by molar-refractivity contribution is -0.148. The van der Waals surface area contributed by atoms with Gasteiger partial charge in [0.05, 0.1) is 17.5 Å². The Morgan fingerprint density at radius 2 is 2.43 bits per heavy atom. The molecule has 2 atom stereocenters. The Bertz CT molecular complexity index is 272. The number of aliphatic carboxylic acids is 1. The van der Waals surface area contributed by atoms with Crippen LogP contribution >= 0.6 is 0 Å². The van der Waals surface area contributed by atoms with Gasteiger partial charge in [0.15, 0.2) is 0 Å². The third-order valence-electron chi connectivity index (χ3n) is 3.25. The Hall–Kier alpha value is -1.08. The highest BCUT2D eigenvalue weighted by atomic mass is 16.4. The lowest BCUT2D eigenvalue weighted by Gasteiger charge is -2.24. The van der Waals surface area contributed by atoms with E-state index in [1.54, 1.807) is 0 Å². The molecule has 1 aliphatic rings. The fraction of sp³-hybridized carbons (Fsp3) is 0.800. The predicted molar refractivity (Wildman–Crippen MR) is 51.6 cm³/mol. The molecule has 0 aromatic carbocycles. The normalized spacial score (nSPS) is 29.8. The number of nitrogens with zero attached hydrogens (tertiary/aromatic N) is 2. The van der Waals surface area contributed by atoms with Crippen LogP contribution in [0, 0.1) is 16.7 Å². The zero-order chi connectivity index (χ0) is 10.8. The maximum atomic E-state index is 11.1. The molecule has 14 heavy (non-hydrogen) atoms. The van der Waals surface area contributed by atoms with Gasteiger partial charge in [-0.2, -0.15) is 5.26 Å². The van der Waals surface area contributed by atoms with Gasteiger partial charge in [0.1, 0.15) is 0 Å². The van der Waals surface area contributed by atoms with Crippen LogP contribution in [-0.2, 0) is 4.79 Å². The number of carboxylic acid groups (broad SMARTS) is 1. The summed E-state index contributed by atoms with van der Waals surface area (Å²) >= 11 is 0. The van der Waals surface area contributed by atoms with Crippen LogP contribution < -0.4 is 0 Å². The van der Waals surface area contributed by atoms with Crippen molar-refractivity contribution in [3.63, 3.8) is 0 Å². The van der Waals surface area contributed by atoms with Gasteiger partial charge in [-0.1, -0.05) is 6.92 Å². The van der Waals surface area contributed by atoms with E-state index in [2.05, 4.69) is 6.07 Å². The third kappa shape index (κ3) is 1.73. The largest absolute Gasteiger partial charge is 0.481 e. The van der Waals surface area contributed by atoms with E-state index in [1.165, 1.54) is 0 Å². The minimum atomic E-state index is -0.729. The highest BCUT2D eigenvalue weighted by Crippen LogP contribution is 2.34. The van der Waals surface area contributed by atoms with Crippen molar-refractivity contribution in [1.29, 1.82) is 5.26 Å². The average molecular weight is 196 g/mol. The lowest BCUT2D eigenvalue weighted by Crippen LogP contribution is -2.36. The molecule has 1 heterocycles. The summed E-state index contributed by atoms with van der Waals surface area (Å²) in [7, 11) is 0. The number of hydrogen-bond acceptors (Lipinski definition) is 3. The summed E-state index contributed by atoms with van der Waals surface area (Å²) in [5.41, 5.74) is -0.620. The zero-order valence-corrected chi connectivity index (χ0v) is 8.66. The minimum absolute atomic E-state index is 0.178. The second-order valence-electron chi connectivity index (χ2n) is 3.96. The highest BCUT2D eigenvalue weighted by molar-refractivity contribution is 5.75. The van der Waals surface area contributed by atoms with E-state index in [0.717, 1.165) is 6.54 Å². The van der Waals surface area contributed by atoms with Crippen molar-refractivity contribution in [2.75, 3.05) is 13.1 Å². The standard InChI is InChI=1S/C10H16N2O2/c1-3-10(9(13)14)4-5-12(7-10)8(2)6-11/h8H,3-5,7H2,1-2H3,(H,13,14). The van der Waals surface area contributed by atoms with Crippen LogP contribution in [0.5, 0.6) is 0 Å². The molecule has 0 bridgehead atoms. The van der Waals surface area contributed by atoms with Crippen LogP contribution in [0.2, 0.25) is 0 Å². The first-order valence-corrected chi connectivity index (χ1v) is 4.93. The van der Waals surface area contributed by atoms with Crippen LogP contribution in [0.15, 0.2) is 0 Å². The quantitative estimate of drug-likeness (QED) is 0.733. The summed E-state index contributed by atoms with van der Waals surface area (Å²) in [4.78, 5) is 13.0.